The van der Waals surface area contributed by atoms with Crippen LogP contribution in [-0.2, 0) is 22.4 Å². The molecule has 3 heterocycles. The molecular weight excluding hydrogens is 482 g/mol. The van der Waals surface area contributed by atoms with Crippen molar-refractivity contribution in [3.63, 3.8) is 0 Å². The molecule has 2 N–H and O–H groups in total. The summed E-state index contributed by atoms with van der Waals surface area (Å²) in [5.74, 6) is 2.51. The molecule has 1 fully saturated rings. The lowest BCUT2D eigenvalue weighted by Crippen LogP contribution is -2.37. The number of ether oxygens (including phenoxy) is 1. The van der Waals surface area contributed by atoms with Crippen LogP contribution < -0.4 is 10.6 Å². The molecule has 1 unspecified atom stereocenters. The van der Waals surface area contributed by atoms with E-state index in [1.165, 1.54) is 0 Å². The van der Waals surface area contributed by atoms with E-state index in [0.29, 0.717) is 17.2 Å². The summed E-state index contributed by atoms with van der Waals surface area (Å²) in [4.78, 5) is 37.5. The smallest absolute Gasteiger partial charge is 0.408 e. The average molecular weight is 516 g/mol. The van der Waals surface area contributed by atoms with Gasteiger partial charge in [-0.3, -0.25) is 9.78 Å². The molecule has 2 aliphatic carbocycles. The second-order valence-corrected chi connectivity index (χ2v) is 11.0. The first kappa shape index (κ1) is 25.7. The third-order valence-electron chi connectivity index (χ3n) is 7.26. The van der Waals surface area contributed by atoms with Crippen molar-refractivity contribution in [1.29, 1.82) is 0 Å². The third kappa shape index (κ3) is 5.79. The second-order valence-electron chi connectivity index (χ2n) is 11.0. The van der Waals surface area contributed by atoms with Gasteiger partial charge in [-0.25, -0.2) is 14.8 Å². The van der Waals surface area contributed by atoms with Crippen LogP contribution in [0, 0.1) is 17.8 Å². The number of hydrogen-bond donors (Lipinski definition) is 2. The molecule has 198 valence electrons. The van der Waals surface area contributed by atoms with E-state index in [9.17, 15) is 9.59 Å². The standard InChI is InChI=1S/C28H33N7O3/c1-16-18-7-9-20-21(10-8-19(16)18)25(26-29-12-5-13-30-26)35-34-24(20)22-11-6-17(14-31-22)33-23(36)15-32-27(37)38-28(2,3)4/h5-6,11-14,16,18-19H,7-10,15H2,1-4H3,(H,32,37)(H,33,36)/t16?,18-,19+/m0/s1. The van der Waals surface area contributed by atoms with Gasteiger partial charge in [0, 0.05) is 12.4 Å². The summed E-state index contributed by atoms with van der Waals surface area (Å²) < 4.78 is 5.15. The molecule has 0 aromatic carbocycles. The van der Waals surface area contributed by atoms with Gasteiger partial charge in [0.1, 0.15) is 23.5 Å². The number of fused-ring (bicyclic) bond motifs is 2. The number of carbonyl (C=O) groups is 2. The normalized spacial score (nSPS) is 20.3. The maximum Gasteiger partial charge on any atom is 0.408 e. The molecule has 10 heteroatoms. The molecule has 0 radical (unpaired) electrons. The van der Waals surface area contributed by atoms with E-state index in [2.05, 4.69) is 42.7 Å². The number of anilines is 1. The van der Waals surface area contributed by atoms with E-state index in [4.69, 9.17) is 4.74 Å². The lowest BCUT2D eigenvalue weighted by molar-refractivity contribution is -0.115. The first-order valence-corrected chi connectivity index (χ1v) is 13.1. The monoisotopic (exact) mass is 515 g/mol. The molecule has 0 spiro atoms. The topological polar surface area (TPSA) is 132 Å². The Morgan fingerprint density at radius 2 is 1.63 bits per heavy atom. The summed E-state index contributed by atoms with van der Waals surface area (Å²) in [6, 6.07) is 5.41. The summed E-state index contributed by atoms with van der Waals surface area (Å²) in [7, 11) is 0. The van der Waals surface area contributed by atoms with Gasteiger partial charge in [-0.15, -0.1) is 10.2 Å². The van der Waals surface area contributed by atoms with Crippen LogP contribution in [-0.4, -0.2) is 49.3 Å². The molecule has 10 nitrogen and oxygen atoms in total. The van der Waals surface area contributed by atoms with Crippen LogP contribution in [0.1, 0.15) is 51.7 Å². The minimum absolute atomic E-state index is 0.209. The molecule has 2 amide bonds. The molecule has 1 saturated carbocycles. The van der Waals surface area contributed by atoms with Gasteiger partial charge in [0.15, 0.2) is 5.82 Å². The first-order chi connectivity index (χ1) is 18.2. The zero-order valence-electron chi connectivity index (χ0n) is 22.2. The number of aromatic nitrogens is 5. The number of pyridine rings is 1. The van der Waals surface area contributed by atoms with Crippen molar-refractivity contribution in [1.82, 2.24) is 30.5 Å². The van der Waals surface area contributed by atoms with Gasteiger partial charge in [0.05, 0.1) is 17.6 Å². The maximum absolute atomic E-state index is 12.3. The van der Waals surface area contributed by atoms with Crippen molar-refractivity contribution in [2.75, 3.05) is 11.9 Å². The molecule has 0 aliphatic heterocycles. The van der Waals surface area contributed by atoms with Gasteiger partial charge in [-0.2, -0.15) is 0 Å². The molecule has 0 bridgehead atoms. The number of carbonyl (C=O) groups excluding carboxylic acids is 2. The zero-order valence-corrected chi connectivity index (χ0v) is 22.2. The van der Waals surface area contributed by atoms with Crippen LogP contribution >= 0.6 is 0 Å². The maximum atomic E-state index is 12.3. The van der Waals surface area contributed by atoms with E-state index < -0.39 is 11.7 Å². The summed E-state index contributed by atoms with van der Waals surface area (Å²) in [6.45, 7) is 7.42. The highest BCUT2D eigenvalue weighted by molar-refractivity contribution is 5.93. The predicted molar refractivity (Wildman–Crippen MR) is 142 cm³/mol. The molecule has 2 aliphatic rings. The van der Waals surface area contributed by atoms with E-state index in [-0.39, 0.29) is 12.5 Å². The molecule has 3 aromatic rings. The number of alkyl carbamates (subject to hydrolysis) is 1. The highest BCUT2D eigenvalue weighted by Gasteiger charge is 2.46. The summed E-state index contributed by atoms with van der Waals surface area (Å²) >= 11 is 0. The van der Waals surface area contributed by atoms with Crippen LogP contribution in [0.3, 0.4) is 0 Å². The summed E-state index contributed by atoms with van der Waals surface area (Å²) in [6.07, 6.45) is 8.45. The highest BCUT2D eigenvalue weighted by Crippen LogP contribution is 2.53. The van der Waals surface area contributed by atoms with Gasteiger partial charge in [-0.1, -0.05) is 6.92 Å². The number of rotatable bonds is 5. The molecule has 5 rings (SSSR count). The van der Waals surface area contributed by atoms with Crippen LogP contribution in [0.5, 0.6) is 0 Å². The van der Waals surface area contributed by atoms with Crippen molar-refractivity contribution >= 4 is 17.7 Å². The Bertz CT molecular complexity index is 1320. The van der Waals surface area contributed by atoms with Gasteiger partial charge in [0.25, 0.3) is 0 Å². The van der Waals surface area contributed by atoms with Gasteiger partial charge in [0.2, 0.25) is 5.91 Å². The largest absolute Gasteiger partial charge is 0.444 e. The Labute approximate surface area is 222 Å². The molecule has 3 atom stereocenters. The molecule has 3 aromatic heterocycles. The zero-order chi connectivity index (χ0) is 26.9. The molecular formula is C28H33N7O3. The van der Waals surface area contributed by atoms with E-state index in [1.54, 1.807) is 51.5 Å². The lowest BCUT2D eigenvalue weighted by Gasteiger charge is -2.19. The Kier molecular flexibility index (Phi) is 7.05. The minimum atomic E-state index is -0.646. The number of hydrogen-bond acceptors (Lipinski definition) is 8. The van der Waals surface area contributed by atoms with Gasteiger partial charge in [-0.05, 0) is 93.5 Å². The summed E-state index contributed by atoms with van der Waals surface area (Å²) in [5.41, 5.74) is 4.40. The third-order valence-corrected chi connectivity index (χ3v) is 7.26. The van der Waals surface area contributed by atoms with Gasteiger partial charge < -0.3 is 15.4 Å². The Balaban J connectivity index is 1.34. The van der Waals surface area contributed by atoms with Crippen LogP contribution in [0.2, 0.25) is 0 Å². The average Bonchev–Trinajstić information content (AvgIpc) is 3.49. The Morgan fingerprint density at radius 3 is 2.26 bits per heavy atom. The van der Waals surface area contributed by atoms with Crippen molar-refractivity contribution in [2.24, 2.45) is 17.8 Å². The van der Waals surface area contributed by atoms with Crippen LogP contribution in [0.15, 0.2) is 36.8 Å². The minimum Gasteiger partial charge on any atom is -0.444 e. The van der Waals surface area contributed by atoms with Crippen molar-refractivity contribution in [2.45, 2.75) is 59.0 Å². The fourth-order valence-electron chi connectivity index (χ4n) is 5.34. The summed E-state index contributed by atoms with van der Waals surface area (Å²) in [5, 5.41) is 14.4. The predicted octanol–water partition coefficient (Wildman–Crippen LogP) is 4.22. The Hall–Kier alpha value is -3.95. The SMILES string of the molecule is CC1[C@H]2CCc3c(-c4ncccn4)nnc(-c4ccc(NC(=O)CNC(=O)OC(C)(C)C)cn4)c3CC[C@@H]12. The first-order valence-electron chi connectivity index (χ1n) is 13.1. The number of nitrogens with zero attached hydrogens (tertiary/aromatic N) is 5. The second kappa shape index (κ2) is 10.4. The van der Waals surface area contributed by atoms with E-state index in [1.807, 2.05) is 6.07 Å². The quantitative estimate of drug-likeness (QED) is 0.516. The fraction of sp³-hybridized carbons (Fsp3) is 0.464. The fourth-order valence-corrected chi connectivity index (χ4v) is 5.34. The molecule has 0 saturated heterocycles. The lowest BCUT2D eigenvalue weighted by atomic mass is 9.90. The highest BCUT2D eigenvalue weighted by atomic mass is 16.6. The van der Waals surface area contributed by atoms with E-state index >= 15 is 0 Å². The molecule has 38 heavy (non-hydrogen) atoms. The van der Waals surface area contributed by atoms with Crippen molar-refractivity contribution in [3.05, 3.63) is 47.9 Å². The van der Waals surface area contributed by atoms with Crippen LogP contribution in [0.25, 0.3) is 22.9 Å². The number of nitrogens with one attached hydrogen (secondary N) is 2. The Morgan fingerprint density at radius 1 is 0.974 bits per heavy atom. The number of amides is 2. The van der Waals surface area contributed by atoms with Gasteiger partial charge >= 0.3 is 6.09 Å². The van der Waals surface area contributed by atoms with Crippen molar-refractivity contribution in [3.8, 4) is 22.9 Å². The van der Waals surface area contributed by atoms with E-state index in [0.717, 1.165) is 66.0 Å². The van der Waals surface area contributed by atoms with Crippen molar-refractivity contribution < 1.29 is 14.3 Å². The van der Waals surface area contributed by atoms with Crippen LogP contribution in [0.4, 0.5) is 10.5 Å².